The van der Waals surface area contributed by atoms with Crippen molar-refractivity contribution in [1.82, 2.24) is 10.5 Å². The fraction of sp³-hybridized carbons (Fsp3) is 0.190. The van der Waals surface area contributed by atoms with Gasteiger partial charge in [-0.1, -0.05) is 6.07 Å². The molecule has 144 valence electrons. The quantitative estimate of drug-likeness (QED) is 0.346. The van der Waals surface area contributed by atoms with E-state index in [0.29, 0.717) is 17.0 Å². The van der Waals surface area contributed by atoms with Gasteiger partial charge >= 0.3 is 0 Å². The molecule has 0 atom stereocenters. The van der Waals surface area contributed by atoms with Crippen LogP contribution in [-0.4, -0.2) is 48.2 Å². The second kappa shape index (κ2) is 9.59. The van der Waals surface area contributed by atoms with Crippen LogP contribution >= 0.6 is 0 Å². The van der Waals surface area contributed by atoms with Crippen LogP contribution < -0.4 is 10.4 Å². The Bertz CT molecular complexity index is 885. The van der Waals surface area contributed by atoms with Crippen molar-refractivity contribution in [3.05, 3.63) is 71.6 Å². The lowest BCUT2D eigenvalue weighted by Gasteiger charge is -2.28. The Labute approximate surface area is 162 Å². The van der Waals surface area contributed by atoms with Crippen LogP contribution in [0.25, 0.3) is 12.2 Å². The van der Waals surface area contributed by atoms with E-state index in [-0.39, 0.29) is 5.78 Å². The number of anilines is 1. The zero-order valence-corrected chi connectivity index (χ0v) is 15.2. The van der Waals surface area contributed by atoms with Crippen LogP contribution in [0.15, 0.2) is 54.6 Å². The van der Waals surface area contributed by atoms with Gasteiger partial charge < -0.3 is 9.64 Å². The molecule has 1 amide bonds. The maximum absolute atomic E-state index is 12.4. The molecule has 0 aliphatic carbocycles. The van der Waals surface area contributed by atoms with Crippen LogP contribution in [-0.2, 0) is 9.53 Å². The predicted octanol–water partition coefficient (Wildman–Crippen LogP) is 2.33. The predicted molar refractivity (Wildman–Crippen MR) is 106 cm³/mol. The van der Waals surface area contributed by atoms with Gasteiger partial charge in [-0.15, -0.1) is 0 Å². The number of morpholine rings is 1. The molecule has 1 saturated heterocycles. The van der Waals surface area contributed by atoms with Crippen molar-refractivity contribution < 1.29 is 19.5 Å². The highest BCUT2D eigenvalue weighted by molar-refractivity contribution is 6.06. The molecule has 0 saturated carbocycles. The second-order valence-electron chi connectivity index (χ2n) is 6.14. The number of allylic oxidation sites excluding steroid dienone is 1. The summed E-state index contributed by atoms with van der Waals surface area (Å²) >= 11 is 0. The summed E-state index contributed by atoms with van der Waals surface area (Å²) in [4.78, 5) is 30.0. The van der Waals surface area contributed by atoms with Crippen molar-refractivity contribution in [3.63, 3.8) is 0 Å². The summed E-state index contributed by atoms with van der Waals surface area (Å²) < 4.78 is 5.35. The average Bonchev–Trinajstić information content (AvgIpc) is 2.76. The molecule has 1 fully saturated rings. The SMILES string of the molecule is O=C(/C=C/c1cccc(/C=C/C(=O)c2ccc(N3CCOCC3)cc2)n1)NO. The number of amides is 1. The first-order valence-corrected chi connectivity index (χ1v) is 8.90. The van der Waals surface area contributed by atoms with Gasteiger partial charge in [-0.05, 0) is 54.6 Å². The lowest BCUT2D eigenvalue weighted by Crippen LogP contribution is -2.36. The van der Waals surface area contributed by atoms with Gasteiger partial charge in [0.2, 0.25) is 0 Å². The highest BCUT2D eigenvalue weighted by Gasteiger charge is 2.11. The second-order valence-corrected chi connectivity index (χ2v) is 6.14. The number of hydrogen-bond donors (Lipinski definition) is 2. The maximum atomic E-state index is 12.4. The van der Waals surface area contributed by atoms with Gasteiger partial charge in [0, 0.05) is 30.4 Å². The fourth-order valence-electron chi connectivity index (χ4n) is 2.77. The highest BCUT2D eigenvalue weighted by Crippen LogP contribution is 2.17. The number of carbonyl (C=O) groups excluding carboxylic acids is 2. The first-order valence-electron chi connectivity index (χ1n) is 8.90. The van der Waals surface area contributed by atoms with Crippen LogP contribution in [0.3, 0.4) is 0 Å². The highest BCUT2D eigenvalue weighted by atomic mass is 16.5. The van der Waals surface area contributed by atoms with E-state index in [9.17, 15) is 9.59 Å². The minimum atomic E-state index is -0.640. The molecule has 1 aromatic heterocycles. The van der Waals surface area contributed by atoms with E-state index < -0.39 is 5.91 Å². The largest absolute Gasteiger partial charge is 0.378 e. The number of rotatable bonds is 6. The third kappa shape index (κ3) is 5.35. The van der Waals surface area contributed by atoms with E-state index in [4.69, 9.17) is 9.94 Å². The van der Waals surface area contributed by atoms with E-state index >= 15 is 0 Å². The van der Waals surface area contributed by atoms with Gasteiger partial charge in [0.1, 0.15) is 0 Å². The van der Waals surface area contributed by atoms with E-state index in [1.54, 1.807) is 24.3 Å². The van der Waals surface area contributed by atoms with Crippen molar-refractivity contribution >= 4 is 29.5 Å². The Kier molecular flexibility index (Phi) is 6.67. The molecule has 1 aromatic carbocycles. The molecular weight excluding hydrogens is 358 g/mol. The molecule has 0 unspecified atom stereocenters. The number of ether oxygens (including phenoxy) is 1. The molecule has 0 bridgehead atoms. The molecule has 2 N–H and O–H groups in total. The van der Waals surface area contributed by atoms with Gasteiger partial charge in [-0.3, -0.25) is 14.8 Å². The van der Waals surface area contributed by atoms with Crippen molar-refractivity contribution in [3.8, 4) is 0 Å². The summed E-state index contributed by atoms with van der Waals surface area (Å²) in [7, 11) is 0. The average molecular weight is 379 g/mol. The number of ketones is 1. The maximum Gasteiger partial charge on any atom is 0.267 e. The molecule has 7 nitrogen and oxygen atoms in total. The Morgan fingerprint density at radius 3 is 2.29 bits per heavy atom. The third-order valence-electron chi connectivity index (χ3n) is 4.24. The number of hydroxylamine groups is 1. The van der Waals surface area contributed by atoms with Gasteiger partial charge in [0.05, 0.1) is 24.6 Å². The standard InChI is InChI=1S/C21H21N3O4/c25-20(16-4-8-19(9-5-16)24-12-14-28-15-13-24)10-6-17-2-1-3-18(22-17)7-11-21(26)23-27/h1-11,27H,12-15H2,(H,23,26)/b10-6+,11-7+. The number of pyridine rings is 1. The summed E-state index contributed by atoms with van der Waals surface area (Å²) in [5, 5.41) is 8.48. The Morgan fingerprint density at radius 2 is 1.64 bits per heavy atom. The number of nitrogens with one attached hydrogen (secondary N) is 1. The van der Waals surface area contributed by atoms with Crippen molar-refractivity contribution in [1.29, 1.82) is 0 Å². The number of nitrogens with zero attached hydrogens (tertiary/aromatic N) is 2. The monoisotopic (exact) mass is 379 g/mol. The van der Waals surface area contributed by atoms with Crippen molar-refractivity contribution in [2.45, 2.75) is 0 Å². The minimum absolute atomic E-state index is 0.115. The molecule has 1 aliphatic rings. The normalized spacial score (nSPS) is 14.5. The van der Waals surface area contributed by atoms with Crippen molar-refractivity contribution in [2.24, 2.45) is 0 Å². The summed E-state index contributed by atoms with van der Waals surface area (Å²) in [5.41, 5.74) is 4.32. The van der Waals surface area contributed by atoms with Crippen LogP contribution in [0.2, 0.25) is 0 Å². The van der Waals surface area contributed by atoms with Gasteiger partial charge in [0.25, 0.3) is 5.91 Å². The first kappa shape index (κ1) is 19.5. The summed E-state index contributed by atoms with van der Waals surface area (Å²) in [6, 6.07) is 12.8. The van der Waals surface area contributed by atoms with Crippen LogP contribution in [0.5, 0.6) is 0 Å². The molecular formula is C21H21N3O4. The van der Waals surface area contributed by atoms with Gasteiger partial charge in [-0.25, -0.2) is 10.5 Å². The zero-order valence-electron chi connectivity index (χ0n) is 15.2. The number of aromatic nitrogens is 1. The van der Waals surface area contributed by atoms with E-state index in [0.717, 1.165) is 38.1 Å². The molecule has 3 rings (SSSR count). The summed E-state index contributed by atoms with van der Waals surface area (Å²) in [6.07, 6.45) is 5.73. The Morgan fingerprint density at radius 1 is 1.00 bits per heavy atom. The number of benzene rings is 1. The number of hydrogen-bond acceptors (Lipinski definition) is 6. The Balaban J connectivity index is 1.64. The van der Waals surface area contributed by atoms with Crippen molar-refractivity contribution in [2.75, 3.05) is 31.2 Å². The molecule has 0 spiro atoms. The van der Waals surface area contributed by atoms with Crippen LogP contribution in [0.1, 0.15) is 21.7 Å². The minimum Gasteiger partial charge on any atom is -0.378 e. The summed E-state index contributed by atoms with van der Waals surface area (Å²) in [6.45, 7) is 3.14. The van der Waals surface area contributed by atoms with Crippen LogP contribution in [0.4, 0.5) is 5.69 Å². The molecule has 1 aliphatic heterocycles. The summed E-state index contributed by atoms with van der Waals surface area (Å²) in [5.74, 6) is -0.755. The lowest BCUT2D eigenvalue weighted by atomic mass is 10.1. The molecule has 0 radical (unpaired) electrons. The zero-order chi connectivity index (χ0) is 19.8. The number of carbonyl (C=O) groups is 2. The Hall–Kier alpha value is -3.29. The third-order valence-corrected chi connectivity index (χ3v) is 4.24. The van der Waals surface area contributed by atoms with Crippen LogP contribution in [0, 0.1) is 0 Å². The van der Waals surface area contributed by atoms with Gasteiger partial charge in [-0.2, -0.15) is 0 Å². The lowest BCUT2D eigenvalue weighted by molar-refractivity contribution is -0.124. The molecule has 2 aromatic rings. The molecule has 2 heterocycles. The topological polar surface area (TPSA) is 91.8 Å². The van der Waals surface area contributed by atoms with E-state index in [1.807, 2.05) is 24.3 Å². The first-order chi connectivity index (χ1) is 13.7. The molecule has 7 heteroatoms. The van der Waals surface area contributed by atoms with E-state index in [2.05, 4.69) is 9.88 Å². The smallest absolute Gasteiger partial charge is 0.267 e. The molecule has 28 heavy (non-hydrogen) atoms. The van der Waals surface area contributed by atoms with Gasteiger partial charge in [0.15, 0.2) is 5.78 Å². The fourth-order valence-corrected chi connectivity index (χ4v) is 2.77. The van der Waals surface area contributed by atoms with E-state index in [1.165, 1.54) is 17.6 Å².